The number of anilines is 1. The summed E-state index contributed by atoms with van der Waals surface area (Å²) in [6.07, 6.45) is 4.53. The van der Waals surface area contributed by atoms with Gasteiger partial charge in [-0.3, -0.25) is 4.98 Å². The maximum absolute atomic E-state index is 13.6. The van der Waals surface area contributed by atoms with E-state index in [0.717, 1.165) is 30.2 Å². The molecule has 2 atom stereocenters. The highest BCUT2D eigenvalue weighted by Gasteiger charge is 2.30. The maximum atomic E-state index is 13.6. The van der Waals surface area contributed by atoms with E-state index >= 15 is 0 Å². The van der Waals surface area contributed by atoms with Crippen molar-refractivity contribution < 1.29 is 13.5 Å². The molecule has 3 aromatic rings. The third-order valence-corrected chi connectivity index (χ3v) is 4.78. The van der Waals surface area contributed by atoms with E-state index in [-0.39, 0.29) is 12.1 Å². The fourth-order valence-electron chi connectivity index (χ4n) is 3.33. The molecule has 144 valence electrons. The Kier molecular flexibility index (Phi) is 5.25. The van der Waals surface area contributed by atoms with Crippen LogP contribution in [0.3, 0.4) is 0 Å². The van der Waals surface area contributed by atoms with E-state index in [1.165, 1.54) is 6.07 Å². The van der Waals surface area contributed by atoms with Gasteiger partial charge in [0, 0.05) is 36.3 Å². The fraction of sp³-hybridized carbons (Fsp3) is 0.286. The lowest BCUT2D eigenvalue weighted by Gasteiger charge is -2.21. The van der Waals surface area contributed by atoms with E-state index in [0.29, 0.717) is 23.8 Å². The van der Waals surface area contributed by atoms with Crippen LogP contribution >= 0.6 is 0 Å². The Balaban J connectivity index is 1.61. The summed E-state index contributed by atoms with van der Waals surface area (Å²) in [4.78, 5) is 13.3. The normalized spacial score (nSPS) is 19.0. The standard InChI is InChI=1S/C21H20F2N4O/c1-2-15-12-19(27-21(25-15)13-5-8-24-9-6-13)26-18-7-10-28-20(18)14-3-4-16(22)17(23)11-14/h3-6,8-9,11-12,18,20H,2,7,10H2,1H3,(H,25,26,27). The molecule has 3 heterocycles. The molecule has 1 N–H and O–H groups in total. The maximum Gasteiger partial charge on any atom is 0.161 e. The van der Waals surface area contributed by atoms with E-state index in [1.54, 1.807) is 18.5 Å². The molecule has 4 rings (SSSR count). The molecule has 2 unspecified atom stereocenters. The SMILES string of the molecule is CCc1cc(NC2CCOC2c2ccc(F)c(F)c2)nc(-c2ccncc2)n1. The van der Waals surface area contributed by atoms with Crippen molar-refractivity contribution in [3.8, 4) is 11.4 Å². The molecule has 2 aromatic heterocycles. The molecular formula is C21H20F2N4O. The number of nitrogens with zero attached hydrogens (tertiary/aromatic N) is 3. The van der Waals surface area contributed by atoms with Gasteiger partial charge in [-0.15, -0.1) is 0 Å². The van der Waals surface area contributed by atoms with Crippen LogP contribution in [-0.2, 0) is 11.2 Å². The van der Waals surface area contributed by atoms with Gasteiger partial charge in [-0.1, -0.05) is 13.0 Å². The monoisotopic (exact) mass is 382 g/mol. The second-order valence-electron chi connectivity index (χ2n) is 6.66. The highest BCUT2D eigenvalue weighted by molar-refractivity contribution is 5.57. The lowest BCUT2D eigenvalue weighted by Crippen LogP contribution is -2.24. The number of aryl methyl sites for hydroxylation is 1. The van der Waals surface area contributed by atoms with Crippen molar-refractivity contribution in [3.05, 3.63) is 71.7 Å². The van der Waals surface area contributed by atoms with Crippen molar-refractivity contribution in [1.82, 2.24) is 15.0 Å². The predicted molar refractivity (Wildman–Crippen MR) is 102 cm³/mol. The number of benzene rings is 1. The number of rotatable bonds is 5. The van der Waals surface area contributed by atoms with Gasteiger partial charge in [0.1, 0.15) is 11.9 Å². The van der Waals surface area contributed by atoms with Gasteiger partial charge in [-0.25, -0.2) is 18.7 Å². The summed E-state index contributed by atoms with van der Waals surface area (Å²) >= 11 is 0. The van der Waals surface area contributed by atoms with Crippen LogP contribution < -0.4 is 5.32 Å². The van der Waals surface area contributed by atoms with Crippen LogP contribution in [0.2, 0.25) is 0 Å². The largest absolute Gasteiger partial charge is 0.371 e. The second kappa shape index (κ2) is 7.98. The van der Waals surface area contributed by atoms with Crippen molar-refractivity contribution >= 4 is 5.82 Å². The van der Waals surface area contributed by atoms with E-state index < -0.39 is 11.6 Å². The number of pyridine rings is 1. The summed E-state index contributed by atoms with van der Waals surface area (Å²) < 4.78 is 32.7. The van der Waals surface area contributed by atoms with Crippen LogP contribution in [0.4, 0.5) is 14.6 Å². The lowest BCUT2D eigenvalue weighted by atomic mass is 10.0. The average Bonchev–Trinajstić information content (AvgIpc) is 3.18. The summed E-state index contributed by atoms with van der Waals surface area (Å²) in [5.41, 5.74) is 2.40. The van der Waals surface area contributed by atoms with Crippen LogP contribution in [0, 0.1) is 11.6 Å². The van der Waals surface area contributed by atoms with Crippen molar-refractivity contribution in [2.75, 3.05) is 11.9 Å². The minimum Gasteiger partial charge on any atom is -0.371 e. The summed E-state index contributed by atoms with van der Waals surface area (Å²) in [5, 5.41) is 3.40. The summed E-state index contributed by atoms with van der Waals surface area (Å²) in [7, 11) is 0. The molecule has 7 heteroatoms. The summed E-state index contributed by atoms with van der Waals surface area (Å²) in [6, 6.07) is 9.41. The van der Waals surface area contributed by atoms with Crippen LogP contribution in [0.5, 0.6) is 0 Å². The highest BCUT2D eigenvalue weighted by Crippen LogP contribution is 2.32. The molecule has 1 aromatic carbocycles. The fourth-order valence-corrected chi connectivity index (χ4v) is 3.33. The Labute approximate surface area is 161 Å². The molecule has 28 heavy (non-hydrogen) atoms. The molecule has 1 saturated heterocycles. The summed E-state index contributed by atoms with van der Waals surface area (Å²) in [6.45, 7) is 2.56. The van der Waals surface area contributed by atoms with Crippen molar-refractivity contribution in [2.45, 2.75) is 31.9 Å². The molecule has 0 aliphatic carbocycles. The molecule has 1 aliphatic heterocycles. The predicted octanol–water partition coefficient (Wildman–Crippen LogP) is 4.32. The van der Waals surface area contributed by atoms with Gasteiger partial charge < -0.3 is 10.1 Å². The molecule has 0 radical (unpaired) electrons. The number of ether oxygens (including phenoxy) is 1. The van der Waals surface area contributed by atoms with Crippen molar-refractivity contribution in [1.29, 1.82) is 0 Å². The van der Waals surface area contributed by atoms with Gasteiger partial charge in [0.05, 0.1) is 6.04 Å². The molecule has 5 nitrogen and oxygen atoms in total. The number of aromatic nitrogens is 3. The first-order chi connectivity index (χ1) is 13.6. The zero-order valence-electron chi connectivity index (χ0n) is 15.4. The van der Waals surface area contributed by atoms with Gasteiger partial charge in [-0.05, 0) is 42.7 Å². The Bertz CT molecular complexity index is 968. The molecule has 0 spiro atoms. The molecule has 0 amide bonds. The Morgan fingerprint density at radius 1 is 1.07 bits per heavy atom. The van der Waals surface area contributed by atoms with E-state index in [2.05, 4.69) is 20.3 Å². The Morgan fingerprint density at radius 3 is 2.64 bits per heavy atom. The quantitative estimate of drug-likeness (QED) is 0.712. The third kappa shape index (κ3) is 3.84. The second-order valence-corrected chi connectivity index (χ2v) is 6.66. The van der Waals surface area contributed by atoms with Crippen LogP contribution in [0.25, 0.3) is 11.4 Å². The average molecular weight is 382 g/mol. The molecule has 1 aliphatic rings. The van der Waals surface area contributed by atoms with Crippen LogP contribution in [-0.4, -0.2) is 27.6 Å². The number of halogens is 2. The van der Waals surface area contributed by atoms with Crippen LogP contribution in [0.15, 0.2) is 48.8 Å². The van der Waals surface area contributed by atoms with Crippen molar-refractivity contribution in [2.24, 2.45) is 0 Å². The van der Waals surface area contributed by atoms with Gasteiger partial charge in [0.2, 0.25) is 0 Å². The summed E-state index contributed by atoms with van der Waals surface area (Å²) in [5.74, 6) is -0.437. The number of hydrogen-bond acceptors (Lipinski definition) is 5. The topological polar surface area (TPSA) is 59.9 Å². The first kappa shape index (κ1) is 18.4. The first-order valence-electron chi connectivity index (χ1n) is 9.25. The molecule has 0 saturated carbocycles. The third-order valence-electron chi connectivity index (χ3n) is 4.78. The molecule has 0 bridgehead atoms. The van der Waals surface area contributed by atoms with Gasteiger partial charge in [0.15, 0.2) is 17.5 Å². The van der Waals surface area contributed by atoms with E-state index in [9.17, 15) is 8.78 Å². The minimum atomic E-state index is -0.873. The highest BCUT2D eigenvalue weighted by atomic mass is 19.2. The van der Waals surface area contributed by atoms with E-state index in [1.807, 2.05) is 25.1 Å². The lowest BCUT2D eigenvalue weighted by molar-refractivity contribution is 0.107. The van der Waals surface area contributed by atoms with E-state index in [4.69, 9.17) is 4.74 Å². The number of hydrogen-bond donors (Lipinski definition) is 1. The van der Waals surface area contributed by atoms with Gasteiger partial charge in [0.25, 0.3) is 0 Å². The minimum absolute atomic E-state index is 0.102. The smallest absolute Gasteiger partial charge is 0.161 e. The Hall–Kier alpha value is -2.93. The first-order valence-corrected chi connectivity index (χ1v) is 9.25. The Morgan fingerprint density at radius 2 is 1.89 bits per heavy atom. The van der Waals surface area contributed by atoms with Gasteiger partial charge in [-0.2, -0.15) is 0 Å². The molecule has 1 fully saturated rings. The number of nitrogens with one attached hydrogen (secondary N) is 1. The molecular weight excluding hydrogens is 362 g/mol. The zero-order chi connectivity index (χ0) is 19.5. The van der Waals surface area contributed by atoms with Crippen LogP contribution in [0.1, 0.15) is 30.7 Å². The van der Waals surface area contributed by atoms with Crippen molar-refractivity contribution in [3.63, 3.8) is 0 Å². The van der Waals surface area contributed by atoms with Gasteiger partial charge >= 0.3 is 0 Å². The zero-order valence-corrected chi connectivity index (χ0v) is 15.4.